The van der Waals surface area contributed by atoms with E-state index in [1.54, 1.807) is 0 Å². The second-order valence-corrected chi connectivity index (χ2v) is 5.64. The molecule has 4 nitrogen and oxygen atoms in total. The van der Waals surface area contributed by atoms with Crippen molar-refractivity contribution in [1.29, 1.82) is 0 Å². The van der Waals surface area contributed by atoms with Crippen molar-refractivity contribution in [2.75, 3.05) is 26.2 Å². The summed E-state index contributed by atoms with van der Waals surface area (Å²) in [5, 5.41) is 3.33. The van der Waals surface area contributed by atoms with Crippen LogP contribution in [-0.4, -0.2) is 41.6 Å². The molecule has 1 aromatic heterocycles. The number of nitrogens with one attached hydrogen (secondary N) is 1. The summed E-state index contributed by atoms with van der Waals surface area (Å²) in [5.41, 5.74) is 3.13. The third-order valence-corrected chi connectivity index (χ3v) is 3.86. The van der Waals surface area contributed by atoms with Gasteiger partial charge in [-0.3, -0.25) is 4.79 Å². The predicted octanol–water partition coefficient (Wildman–Crippen LogP) is 2.12. The standard InChI is InChI=1S/C15H25N3O/c1-11(2)18-12(3)10-14(13(18)4)15(19)17-8-5-6-16-7-9-17/h10-11,16H,5-9H2,1-4H3. The van der Waals surface area contributed by atoms with Crippen LogP contribution in [-0.2, 0) is 0 Å². The van der Waals surface area contributed by atoms with Gasteiger partial charge in [-0.25, -0.2) is 0 Å². The molecule has 0 aromatic carbocycles. The number of hydrogen-bond acceptors (Lipinski definition) is 2. The van der Waals surface area contributed by atoms with Gasteiger partial charge in [0.15, 0.2) is 0 Å². The summed E-state index contributed by atoms with van der Waals surface area (Å²) in [6.45, 7) is 12.0. The molecule has 1 N–H and O–H groups in total. The number of carbonyl (C=O) groups excluding carboxylic acids is 1. The van der Waals surface area contributed by atoms with Crippen LogP contribution in [0, 0.1) is 13.8 Å². The fourth-order valence-corrected chi connectivity index (χ4v) is 3.01. The van der Waals surface area contributed by atoms with Crippen molar-refractivity contribution in [2.24, 2.45) is 0 Å². The van der Waals surface area contributed by atoms with E-state index in [1.165, 1.54) is 5.69 Å². The molecular formula is C15H25N3O. The summed E-state index contributed by atoms with van der Waals surface area (Å²) in [6.07, 6.45) is 1.04. The molecule has 1 amide bonds. The molecule has 106 valence electrons. The van der Waals surface area contributed by atoms with E-state index in [4.69, 9.17) is 0 Å². The van der Waals surface area contributed by atoms with Crippen molar-refractivity contribution >= 4 is 5.91 Å². The van der Waals surface area contributed by atoms with Crippen LogP contribution in [0.1, 0.15) is 48.1 Å². The molecule has 1 aliphatic rings. The lowest BCUT2D eigenvalue weighted by atomic mass is 10.2. The van der Waals surface area contributed by atoms with Gasteiger partial charge in [0.2, 0.25) is 0 Å². The molecule has 1 aromatic rings. The van der Waals surface area contributed by atoms with Crippen LogP contribution in [0.3, 0.4) is 0 Å². The molecule has 1 saturated heterocycles. The van der Waals surface area contributed by atoms with E-state index in [9.17, 15) is 4.79 Å². The summed E-state index contributed by atoms with van der Waals surface area (Å²) in [5.74, 6) is 0.184. The quantitative estimate of drug-likeness (QED) is 0.887. The van der Waals surface area contributed by atoms with E-state index in [-0.39, 0.29) is 5.91 Å². The summed E-state index contributed by atoms with van der Waals surface area (Å²) in [7, 11) is 0. The van der Waals surface area contributed by atoms with Gasteiger partial charge in [-0.05, 0) is 46.7 Å². The van der Waals surface area contributed by atoms with E-state index in [0.29, 0.717) is 6.04 Å². The first-order valence-corrected chi connectivity index (χ1v) is 7.20. The zero-order valence-corrected chi connectivity index (χ0v) is 12.5. The molecule has 1 aliphatic heterocycles. The lowest BCUT2D eigenvalue weighted by Crippen LogP contribution is -2.34. The molecule has 1 fully saturated rings. The molecular weight excluding hydrogens is 238 g/mol. The summed E-state index contributed by atoms with van der Waals surface area (Å²) >= 11 is 0. The SMILES string of the molecule is Cc1cc(C(=O)N2CCCNCC2)c(C)n1C(C)C. The van der Waals surface area contributed by atoms with Crippen LogP contribution in [0.5, 0.6) is 0 Å². The molecule has 2 rings (SSSR count). The Kier molecular flexibility index (Phi) is 4.30. The Bertz CT molecular complexity index is 454. The summed E-state index contributed by atoms with van der Waals surface area (Å²) < 4.78 is 2.24. The van der Waals surface area contributed by atoms with E-state index in [0.717, 1.165) is 43.9 Å². The normalized spacial score (nSPS) is 16.8. The lowest BCUT2D eigenvalue weighted by Gasteiger charge is -2.20. The van der Waals surface area contributed by atoms with Crippen molar-refractivity contribution in [1.82, 2.24) is 14.8 Å². The average Bonchev–Trinajstić information content (AvgIpc) is 2.57. The van der Waals surface area contributed by atoms with Gasteiger partial charge in [-0.2, -0.15) is 0 Å². The van der Waals surface area contributed by atoms with E-state index < -0.39 is 0 Å². The lowest BCUT2D eigenvalue weighted by molar-refractivity contribution is 0.0765. The molecule has 0 aliphatic carbocycles. The van der Waals surface area contributed by atoms with Gasteiger partial charge in [0.05, 0.1) is 5.56 Å². The largest absolute Gasteiger partial charge is 0.346 e. The molecule has 19 heavy (non-hydrogen) atoms. The van der Waals surface area contributed by atoms with E-state index in [2.05, 4.69) is 37.6 Å². The second-order valence-electron chi connectivity index (χ2n) is 5.64. The first kappa shape index (κ1) is 14.1. The minimum absolute atomic E-state index is 0.184. The van der Waals surface area contributed by atoms with Crippen molar-refractivity contribution in [3.8, 4) is 0 Å². The number of nitrogens with zero attached hydrogens (tertiary/aromatic N) is 2. The Morgan fingerprint density at radius 1 is 1.26 bits per heavy atom. The fourth-order valence-electron chi connectivity index (χ4n) is 3.01. The number of hydrogen-bond donors (Lipinski definition) is 1. The van der Waals surface area contributed by atoms with Gasteiger partial charge in [0.1, 0.15) is 0 Å². The Balaban J connectivity index is 2.26. The zero-order chi connectivity index (χ0) is 14.0. The van der Waals surface area contributed by atoms with Gasteiger partial charge in [0.25, 0.3) is 5.91 Å². The van der Waals surface area contributed by atoms with Gasteiger partial charge < -0.3 is 14.8 Å². The van der Waals surface area contributed by atoms with Crippen LogP contribution < -0.4 is 5.32 Å². The Morgan fingerprint density at radius 3 is 2.63 bits per heavy atom. The van der Waals surface area contributed by atoms with Crippen molar-refractivity contribution in [3.63, 3.8) is 0 Å². The number of rotatable bonds is 2. The average molecular weight is 263 g/mol. The van der Waals surface area contributed by atoms with Crippen LogP contribution >= 0.6 is 0 Å². The first-order chi connectivity index (χ1) is 9.02. The zero-order valence-electron chi connectivity index (χ0n) is 12.5. The summed E-state index contributed by atoms with van der Waals surface area (Å²) in [4.78, 5) is 14.6. The number of aryl methyl sites for hydroxylation is 1. The topological polar surface area (TPSA) is 37.3 Å². The smallest absolute Gasteiger partial charge is 0.255 e. The molecule has 0 spiro atoms. The van der Waals surface area contributed by atoms with E-state index >= 15 is 0 Å². The summed E-state index contributed by atoms with van der Waals surface area (Å²) in [6, 6.07) is 2.43. The Hall–Kier alpha value is -1.29. The van der Waals surface area contributed by atoms with Crippen LogP contribution in [0.2, 0.25) is 0 Å². The maximum absolute atomic E-state index is 12.6. The van der Waals surface area contributed by atoms with Crippen molar-refractivity contribution in [2.45, 2.75) is 40.2 Å². The predicted molar refractivity (Wildman–Crippen MR) is 77.7 cm³/mol. The second kappa shape index (κ2) is 5.78. The molecule has 4 heteroatoms. The van der Waals surface area contributed by atoms with Crippen LogP contribution in [0.4, 0.5) is 0 Å². The maximum atomic E-state index is 12.6. The number of aromatic nitrogens is 1. The highest BCUT2D eigenvalue weighted by atomic mass is 16.2. The van der Waals surface area contributed by atoms with Crippen LogP contribution in [0.15, 0.2) is 6.07 Å². The third-order valence-electron chi connectivity index (χ3n) is 3.86. The molecule has 0 unspecified atom stereocenters. The highest BCUT2D eigenvalue weighted by molar-refractivity contribution is 5.95. The molecule has 0 bridgehead atoms. The molecule has 0 radical (unpaired) electrons. The monoisotopic (exact) mass is 263 g/mol. The first-order valence-electron chi connectivity index (χ1n) is 7.20. The highest BCUT2D eigenvalue weighted by Gasteiger charge is 2.22. The van der Waals surface area contributed by atoms with Gasteiger partial charge in [-0.1, -0.05) is 0 Å². The number of amides is 1. The Labute approximate surface area is 115 Å². The Morgan fingerprint density at radius 2 is 2.00 bits per heavy atom. The van der Waals surface area contributed by atoms with Gasteiger partial charge in [-0.15, -0.1) is 0 Å². The maximum Gasteiger partial charge on any atom is 0.255 e. The minimum Gasteiger partial charge on any atom is -0.346 e. The van der Waals surface area contributed by atoms with E-state index in [1.807, 2.05) is 11.0 Å². The fraction of sp³-hybridized carbons (Fsp3) is 0.667. The van der Waals surface area contributed by atoms with Crippen molar-refractivity contribution < 1.29 is 4.79 Å². The van der Waals surface area contributed by atoms with Gasteiger partial charge in [0, 0.05) is 37.1 Å². The van der Waals surface area contributed by atoms with Crippen molar-refractivity contribution in [3.05, 3.63) is 23.0 Å². The highest BCUT2D eigenvalue weighted by Crippen LogP contribution is 2.21. The molecule has 0 atom stereocenters. The molecule has 2 heterocycles. The third kappa shape index (κ3) is 2.84. The molecule has 0 saturated carbocycles. The minimum atomic E-state index is 0.184. The van der Waals surface area contributed by atoms with Crippen LogP contribution in [0.25, 0.3) is 0 Å². The number of carbonyl (C=O) groups is 1. The van der Waals surface area contributed by atoms with Gasteiger partial charge >= 0.3 is 0 Å².